The van der Waals surface area contributed by atoms with Crippen LogP contribution in [0.15, 0.2) is 43.0 Å². The van der Waals surface area contributed by atoms with Gasteiger partial charge in [-0.1, -0.05) is 82.4 Å². The number of ether oxygens (including phenoxy) is 3. The summed E-state index contributed by atoms with van der Waals surface area (Å²) in [6, 6.07) is 10.8. The Kier molecular flexibility index (Phi) is 24.9. The molecular formula is C25H42O5. The minimum absolute atomic E-state index is 0.255. The van der Waals surface area contributed by atoms with Gasteiger partial charge in [0.15, 0.2) is 0 Å². The molecule has 1 aromatic carbocycles. The molecule has 1 aromatic rings. The van der Waals surface area contributed by atoms with Gasteiger partial charge in [0, 0.05) is 19.6 Å². The van der Waals surface area contributed by atoms with Crippen LogP contribution in [0.1, 0.15) is 71.3 Å². The Morgan fingerprint density at radius 3 is 2.00 bits per heavy atom. The average Bonchev–Trinajstić information content (AvgIpc) is 2.77. The second-order valence-electron chi connectivity index (χ2n) is 6.62. The fourth-order valence-electron chi connectivity index (χ4n) is 2.40. The van der Waals surface area contributed by atoms with Crippen molar-refractivity contribution in [2.24, 2.45) is 0 Å². The third kappa shape index (κ3) is 25.9. The van der Waals surface area contributed by atoms with Crippen LogP contribution < -0.4 is 0 Å². The van der Waals surface area contributed by atoms with Crippen LogP contribution in [0.4, 0.5) is 0 Å². The summed E-state index contributed by atoms with van der Waals surface area (Å²) in [6.07, 6.45) is 12.2. The molecule has 0 amide bonds. The van der Waals surface area contributed by atoms with E-state index in [9.17, 15) is 9.59 Å². The molecule has 5 nitrogen and oxygen atoms in total. The van der Waals surface area contributed by atoms with Crippen molar-refractivity contribution in [3.05, 3.63) is 48.6 Å². The molecule has 0 saturated carbocycles. The van der Waals surface area contributed by atoms with E-state index in [1.54, 1.807) is 0 Å². The maximum atomic E-state index is 10.1. The summed E-state index contributed by atoms with van der Waals surface area (Å²) in [5.74, 6) is -0.648. The molecule has 0 unspecified atom stereocenters. The Bertz CT molecular complexity index is 514. The molecule has 0 atom stereocenters. The average molecular weight is 423 g/mol. The first-order valence-corrected chi connectivity index (χ1v) is 11.0. The predicted octanol–water partition coefficient (Wildman–Crippen LogP) is 5.91. The fraction of sp³-hybridized carbons (Fsp3) is 0.600. The molecule has 30 heavy (non-hydrogen) atoms. The summed E-state index contributed by atoms with van der Waals surface area (Å²) >= 11 is 0. The largest absolute Gasteiger partial charge is 0.466 e. The second kappa shape index (κ2) is 24.9. The molecule has 0 radical (unpaired) electrons. The molecule has 0 fully saturated rings. The van der Waals surface area contributed by atoms with Crippen LogP contribution in [0.3, 0.4) is 0 Å². The lowest BCUT2D eigenvalue weighted by Gasteiger charge is -2.01. The van der Waals surface area contributed by atoms with E-state index in [-0.39, 0.29) is 5.97 Å². The highest BCUT2D eigenvalue weighted by Gasteiger charge is 1.93. The quantitative estimate of drug-likeness (QED) is 0.225. The molecule has 0 spiro atoms. The molecule has 0 heterocycles. The third-order valence-corrected chi connectivity index (χ3v) is 4.02. The van der Waals surface area contributed by atoms with E-state index in [2.05, 4.69) is 53.3 Å². The Labute approximate surface area is 183 Å². The number of carbonyl (C=O) groups excluding carboxylic acids is 2. The molecule has 0 aliphatic carbocycles. The molecule has 0 aliphatic rings. The molecular weight excluding hydrogens is 380 g/mol. The first kappa shape index (κ1) is 30.1. The normalized spacial score (nSPS) is 9.33. The van der Waals surface area contributed by atoms with E-state index in [0.29, 0.717) is 19.8 Å². The van der Waals surface area contributed by atoms with Crippen LogP contribution in [0.5, 0.6) is 0 Å². The molecule has 0 aromatic heterocycles. The summed E-state index contributed by atoms with van der Waals surface area (Å²) in [6.45, 7) is 10.2. The maximum absolute atomic E-state index is 10.1. The molecule has 0 aliphatic heterocycles. The van der Waals surface area contributed by atoms with Gasteiger partial charge in [0.25, 0.3) is 0 Å². The van der Waals surface area contributed by atoms with Crippen molar-refractivity contribution in [3.8, 4) is 0 Å². The summed E-state index contributed by atoms with van der Waals surface area (Å²) in [4.78, 5) is 20.0. The first-order valence-electron chi connectivity index (χ1n) is 11.0. The number of methoxy groups -OCH3 is 1. The van der Waals surface area contributed by atoms with E-state index in [1.165, 1.54) is 71.0 Å². The lowest BCUT2D eigenvalue weighted by Crippen LogP contribution is -2.06. The predicted molar refractivity (Wildman–Crippen MR) is 123 cm³/mol. The van der Waals surface area contributed by atoms with E-state index in [1.807, 2.05) is 6.92 Å². The van der Waals surface area contributed by atoms with Gasteiger partial charge >= 0.3 is 11.9 Å². The number of esters is 2. The molecule has 172 valence electrons. The van der Waals surface area contributed by atoms with Crippen LogP contribution in [-0.4, -0.2) is 38.9 Å². The summed E-state index contributed by atoms with van der Waals surface area (Å²) in [5, 5.41) is 0. The van der Waals surface area contributed by atoms with Crippen molar-refractivity contribution in [1.82, 2.24) is 0 Å². The topological polar surface area (TPSA) is 61.8 Å². The zero-order valence-electron chi connectivity index (χ0n) is 19.5. The van der Waals surface area contributed by atoms with Crippen LogP contribution in [0.25, 0.3) is 0 Å². The summed E-state index contributed by atoms with van der Waals surface area (Å²) < 4.78 is 13.6. The minimum atomic E-state index is -0.394. The number of carbonyl (C=O) groups is 2. The zero-order chi connectivity index (χ0) is 22.9. The van der Waals surface area contributed by atoms with Crippen molar-refractivity contribution in [2.75, 3.05) is 26.9 Å². The molecule has 0 saturated heterocycles. The number of benzene rings is 1. The number of hydrogen-bond acceptors (Lipinski definition) is 5. The monoisotopic (exact) mass is 422 g/mol. The van der Waals surface area contributed by atoms with E-state index in [0.717, 1.165) is 6.08 Å². The number of unbranched alkanes of at least 4 members (excludes halogenated alkanes) is 6. The Morgan fingerprint density at radius 1 is 0.933 bits per heavy atom. The highest BCUT2D eigenvalue weighted by molar-refractivity contribution is 5.80. The Hall–Kier alpha value is -2.14. The minimum Gasteiger partial charge on any atom is -0.466 e. The van der Waals surface area contributed by atoms with Gasteiger partial charge < -0.3 is 14.2 Å². The smallest absolute Gasteiger partial charge is 0.329 e. The van der Waals surface area contributed by atoms with Gasteiger partial charge in [0.1, 0.15) is 6.61 Å². The van der Waals surface area contributed by atoms with Crippen LogP contribution in [-0.2, 0) is 30.2 Å². The third-order valence-electron chi connectivity index (χ3n) is 4.02. The number of rotatable bonds is 13. The SMILES string of the molecule is C=CC(=O)OC.CCCCCCCCCc1ccccc1.CCOCCOC(C)=O. The van der Waals surface area contributed by atoms with Gasteiger partial charge in [-0.15, -0.1) is 0 Å². The summed E-state index contributed by atoms with van der Waals surface area (Å²) in [7, 11) is 1.31. The highest BCUT2D eigenvalue weighted by atomic mass is 16.6. The zero-order valence-corrected chi connectivity index (χ0v) is 19.5. The summed E-state index contributed by atoms with van der Waals surface area (Å²) in [5.41, 5.74) is 1.49. The molecule has 0 N–H and O–H groups in total. The van der Waals surface area contributed by atoms with Gasteiger partial charge in [-0.25, -0.2) is 4.79 Å². The van der Waals surface area contributed by atoms with Crippen LogP contribution in [0, 0.1) is 0 Å². The number of hydrogen-bond donors (Lipinski definition) is 0. The van der Waals surface area contributed by atoms with Crippen LogP contribution in [0.2, 0.25) is 0 Å². The van der Waals surface area contributed by atoms with E-state index in [4.69, 9.17) is 4.74 Å². The first-order chi connectivity index (χ1) is 14.5. The number of aryl methyl sites for hydroxylation is 1. The lowest BCUT2D eigenvalue weighted by atomic mass is 10.0. The second-order valence-corrected chi connectivity index (χ2v) is 6.62. The van der Waals surface area contributed by atoms with Crippen molar-refractivity contribution in [2.45, 2.75) is 72.1 Å². The maximum Gasteiger partial charge on any atom is 0.329 e. The van der Waals surface area contributed by atoms with Crippen LogP contribution >= 0.6 is 0 Å². The van der Waals surface area contributed by atoms with Gasteiger partial charge in [-0.3, -0.25) is 4.79 Å². The van der Waals surface area contributed by atoms with Gasteiger partial charge in [0.2, 0.25) is 0 Å². The van der Waals surface area contributed by atoms with Crippen molar-refractivity contribution >= 4 is 11.9 Å². The van der Waals surface area contributed by atoms with Crippen molar-refractivity contribution in [3.63, 3.8) is 0 Å². The van der Waals surface area contributed by atoms with Gasteiger partial charge in [-0.2, -0.15) is 0 Å². The van der Waals surface area contributed by atoms with Crippen molar-refractivity contribution in [1.29, 1.82) is 0 Å². The fourth-order valence-corrected chi connectivity index (χ4v) is 2.40. The lowest BCUT2D eigenvalue weighted by molar-refractivity contribution is -0.142. The highest BCUT2D eigenvalue weighted by Crippen LogP contribution is 2.10. The van der Waals surface area contributed by atoms with Gasteiger partial charge in [0.05, 0.1) is 13.7 Å². The molecule has 5 heteroatoms. The van der Waals surface area contributed by atoms with Gasteiger partial charge in [-0.05, 0) is 25.3 Å². The molecule has 0 bridgehead atoms. The molecule has 1 rings (SSSR count). The Morgan fingerprint density at radius 2 is 1.53 bits per heavy atom. The van der Waals surface area contributed by atoms with Crippen molar-refractivity contribution < 1.29 is 23.8 Å². The van der Waals surface area contributed by atoms with E-state index < -0.39 is 5.97 Å². The Balaban J connectivity index is 0. The van der Waals surface area contributed by atoms with E-state index >= 15 is 0 Å². The standard InChI is InChI=1S/C15H24.C6H12O3.C4H6O2/c1-2-3-4-5-6-7-9-12-15-13-10-8-11-14-15;1-3-8-4-5-9-6(2)7;1-3-4(5)6-2/h8,10-11,13-14H,2-7,9,12H2,1H3;3-5H2,1-2H3;3H,1H2,2H3.